The number of para-hydroxylation sites is 1. The van der Waals surface area contributed by atoms with E-state index in [4.69, 9.17) is 5.73 Å². The minimum atomic E-state index is 0.663. The molecule has 2 N–H and O–H groups in total. The summed E-state index contributed by atoms with van der Waals surface area (Å²) in [6.07, 6.45) is 9.70. The molecule has 1 aliphatic carbocycles. The van der Waals surface area contributed by atoms with Gasteiger partial charge in [-0.3, -0.25) is 4.98 Å². The van der Waals surface area contributed by atoms with E-state index in [1.165, 1.54) is 43.2 Å². The molecule has 0 aliphatic heterocycles. The Labute approximate surface area is 127 Å². The fourth-order valence-electron chi connectivity index (χ4n) is 3.49. The third-order valence-corrected chi connectivity index (χ3v) is 4.55. The highest BCUT2D eigenvalue weighted by Crippen LogP contribution is 2.31. The third-order valence-electron chi connectivity index (χ3n) is 4.55. The lowest BCUT2D eigenvalue weighted by molar-refractivity contribution is 0.413. The van der Waals surface area contributed by atoms with E-state index in [0.717, 1.165) is 25.0 Å². The molecular weight excluding hydrogens is 258 g/mol. The van der Waals surface area contributed by atoms with Gasteiger partial charge in [0.15, 0.2) is 0 Å². The quantitative estimate of drug-likeness (QED) is 0.909. The van der Waals surface area contributed by atoms with E-state index in [0.29, 0.717) is 6.04 Å². The van der Waals surface area contributed by atoms with Crippen LogP contribution in [0.3, 0.4) is 0 Å². The number of hydrogen-bond acceptors (Lipinski definition) is 3. The molecule has 112 valence electrons. The zero-order valence-corrected chi connectivity index (χ0v) is 12.7. The molecule has 3 rings (SSSR count). The summed E-state index contributed by atoms with van der Waals surface area (Å²) in [5, 5.41) is 1.27. The van der Waals surface area contributed by atoms with E-state index >= 15 is 0 Å². The van der Waals surface area contributed by atoms with Crippen molar-refractivity contribution in [2.75, 3.05) is 18.0 Å². The van der Waals surface area contributed by atoms with Gasteiger partial charge in [-0.2, -0.15) is 0 Å². The van der Waals surface area contributed by atoms with Crippen LogP contribution < -0.4 is 10.6 Å². The number of nitrogens with zero attached hydrogens (tertiary/aromatic N) is 2. The first-order valence-corrected chi connectivity index (χ1v) is 8.20. The van der Waals surface area contributed by atoms with E-state index in [9.17, 15) is 0 Å². The highest BCUT2D eigenvalue weighted by atomic mass is 15.2. The highest BCUT2D eigenvalue weighted by Gasteiger charge is 2.22. The van der Waals surface area contributed by atoms with Gasteiger partial charge in [0.2, 0.25) is 0 Å². The summed E-state index contributed by atoms with van der Waals surface area (Å²) in [6.45, 7) is 1.81. The summed E-state index contributed by atoms with van der Waals surface area (Å²) in [5.74, 6) is 0. The van der Waals surface area contributed by atoms with Crippen LogP contribution in [0, 0.1) is 0 Å². The molecule has 1 heterocycles. The summed E-state index contributed by atoms with van der Waals surface area (Å²) in [4.78, 5) is 7.09. The van der Waals surface area contributed by atoms with Crippen molar-refractivity contribution in [3.63, 3.8) is 0 Å². The maximum atomic E-state index is 5.76. The normalized spacial score (nSPS) is 16.2. The molecule has 0 spiro atoms. The van der Waals surface area contributed by atoms with Crippen LogP contribution in [0.1, 0.15) is 38.5 Å². The zero-order chi connectivity index (χ0) is 14.5. The van der Waals surface area contributed by atoms with Gasteiger partial charge in [-0.05, 0) is 37.9 Å². The van der Waals surface area contributed by atoms with Crippen LogP contribution in [-0.4, -0.2) is 24.1 Å². The molecule has 1 fully saturated rings. The van der Waals surface area contributed by atoms with Gasteiger partial charge >= 0.3 is 0 Å². The Morgan fingerprint density at radius 2 is 1.90 bits per heavy atom. The maximum Gasteiger partial charge on any atom is 0.0722 e. The Hall–Kier alpha value is -1.61. The highest BCUT2D eigenvalue weighted by molar-refractivity contribution is 5.91. The van der Waals surface area contributed by atoms with Crippen LogP contribution in [0.2, 0.25) is 0 Å². The lowest BCUT2D eigenvalue weighted by atomic mass is 9.93. The Bertz CT molecular complexity index is 570. The molecule has 0 atom stereocenters. The topological polar surface area (TPSA) is 42.1 Å². The first-order chi connectivity index (χ1) is 10.4. The van der Waals surface area contributed by atoms with Gasteiger partial charge in [0, 0.05) is 29.9 Å². The van der Waals surface area contributed by atoms with E-state index in [-0.39, 0.29) is 0 Å². The summed E-state index contributed by atoms with van der Waals surface area (Å²) in [5.41, 5.74) is 8.18. The lowest BCUT2D eigenvalue weighted by Gasteiger charge is -2.36. The minimum Gasteiger partial charge on any atom is -0.368 e. The molecule has 1 saturated carbocycles. The zero-order valence-electron chi connectivity index (χ0n) is 12.7. The van der Waals surface area contributed by atoms with Crippen molar-refractivity contribution in [1.29, 1.82) is 0 Å². The fraction of sp³-hybridized carbons (Fsp3) is 0.500. The van der Waals surface area contributed by atoms with Crippen molar-refractivity contribution in [2.24, 2.45) is 5.73 Å². The Balaban J connectivity index is 1.96. The molecule has 1 aliphatic rings. The van der Waals surface area contributed by atoms with Crippen molar-refractivity contribution >= 4 is 16.6 Å². The van der Waals surface area contributed by atoms with Crippen LogP contribution in [0.15, 0.2) is 36.5 Å². The first kappa shape index (κ1) is 14.3. The largest absolute Gasteiger partial charge is 0.368 e. The molecule has 0 unspecified atom stereocenters. The number of aromatic nitrogens is 1. The average molecular weight is 283 g/mol. The number of benzene rings is 1. The van der Waals surface area contributed by atoms with Crippen molar-refractivity contribution in [1.82, 2.24) is 4.98 Å². The lowest BCUT2D eigenvalue weighted by Crippen LogP contribution is -2.38. The van der Waals surface area contributed by atoms with E-state index < -0.39 is 0 Å². The van der Waals surface area contributed by atoms with E-state index in [2.05, 4.69) is 40.2 Å². The molecule has 1 aromatic heterocycles. The van der Waals surface area contributed by atoms with Crippen LogP contribution in [-0.2, 0) is 0 Å². The second-order valence-corrected chi connectivity index (χ2v) is 5.97. The Kier molecular flexibility index (Phi) is 4.71. The van der Waals surface area contributed by atoms with Crippen molar-refractivity contribution in [2.45, 2.75) is 44.6 Å². The van der Waals surface area contributed by atoms with Gasteiger partial charge in [-0.25, -0.2) is 0 Å². The second-order valence-electron chi connectivity index (χ2n) is 5.97. The molecule has 2 aromatic rings. The summed E-state index contributed by atoms with van der Waals surface area (Å²) in [7, 11) is 0. The number of hydrogen-bond donors (Lipinski definition) is 1. The van der Waals surface area contributed by atoms with Gasteiger partial charge < -0.3 is 10.6 Å². The number of rotatable bonds is 5. The third kappa shape index (κ3) is 3.18. The van der Waals surface area contributed by atoms with Crippen molar-refractivity contribution < 1.29 is 0 Å². The minimum absolute atomic E-state index is 0.663. The van der Waals surface area contributed by atoms with Crippen molar-refractivity contribution in [3.05, 3.63) is 36.5 Å². The maximum absolute atomic E-state index is 5.76. The van der Waals surface area contributed by atoms with Crippen LogP contribution >= 0.6 is 0 Å². The van der Waals surface area contributed by atoms with Gasteiger partial charge in [0.1, 0.15) is 0 Å². The van der Waals surface area contributed by atoms with Crippen molar-refractivity contribution in [3.8, 4) is 0 Å². The van der Waals surface area contributed by atoms with Crippen LogP contribution in [0.5, 0.6) is 0 Å². The number of anilines is 1. The van der Waals surface area contributed by atoms with Crippen LogP contribution in [0.4, 0.5) is 5.69 Å². The summed E-state index contributed by atoms with van der Waals surface area (Å²) >= 11 is 0. The molecule has 0 saturated heterocycles. The Morgan fingerprint density at radius 1 is 1.10 bits per heavy atom. The molecular formula is C18H25N3. The molecule has 3 heteroatoms. The van der Waals surface area contributed by atoms with E-state index in [1.807, 2.05) is 6.20 Å². The summed E-state index contributed by atoms with van der Waals surface area (Å²) in [6, 6.07) is 11.3. The van der Waals surface area contributed by atoms with Gasteiger partial charge in [-0.1, -0.05) is 37.5 Å². The molecule has 0 radical (unpaired) electrons. The Morgan fingerprint density at radius 3 is 2.71 bits per heavy atom. The molecule has 3 nitrogen and oxygen atoms in total. The number of fused-ring (bicyclic) bond motifs is 1. The molecule has 21 heavy (non-hydrogen) atoms. The average Bonchev–Trinajstić information content (AvgIpc) is 2.56. The predicted octanol–water partition coefficient (Wildman–Crippen LogP) is 3.72. The second kappa shape index (κ2) is 6.90. The first-order valence-electron chi connectivity index (χ1n) is 8.20. The SMILES string of the molecule is NCCCN(c1ccnc2ccccc12)C1CCCCC1. The van der Waals surface area contributed by atoms with Gasteiger partial charge in [0.25, 0.3) is 0 Å². The number of pyridine rings is 1. The molecule has 0 amide bonds. The fourth-order valence-corrected chi connectivity index (χ4v) is 3.49. The summed E-state index contributed by atoms with van der Waals surface area (Å²) < 4.78 is 0. The van der Waals surface area contributed by atoms with Gasteiger partial charge in [-0.15, -0.1) is 0 Å². The predicted molar refractivity (Wildman–Crippen MR) is 89.6 cm³/mol. The smallest absolute Gasteiger partial charge is 0.0722 e. The monoisotopic (exact) mass is 283 g/mol. The molecule has 0 bridgehead atoms. The van der Waals surface area contributed by atoms with E-state index in [1.54, 1.807) is 0 Å². The van der Waals surface area contributed by atoms with Crippen LogP contribution in [0.25, 0.3) is 10.9 Å². The van der Waals surface area contributed by atoms with Gasteiger partial charge in [0.05, 0.1) is 5.52 Å². The standard InChI is InChI=1S/C18H25N3/c19-12-6-14-21(15-7-2-1-3-8-15)18-11-13-20-17-10-5-4-9-16(17)18/h4-5,9-11,13,15H,1-3,6-8,12,14,19H2. The number of nitrogens with two attached hydrogens (primary N) is 1. The molecule has 1 aromatic carbocycles.